The van der Waals surface area contributed by atoms with E-state index in [9.17, 15) is 14.4 Å². The highest BCUT2D eigenvalue weighted by atomic mass is 16.6. The van der Waals surface area contributed by atoms with Crippen molar-refractivity contribution in [1.82, 2.24) is 0 Å². The predicted octanol–water partition coefficient (Wildman–Crippen LogP) is 2.77. The summed E-state index contributed by atoms with van der Waals surface area (Å²) in [5, 5.41) is 8.65. The molecule has 7 heteroatoms. The van der Waals surface area contributed by atoms with Crippen LogP contribution in [0.4, 0.5) is 0 Å². The minimum absolute atomic E-state index is 0.340. The topological polar surface area (TPSA) is 99.1 Å². The number of rotatable bonds is 11. The van der Waals surface area contributed by atoms with Crippen molar-refractivity contribution >= 4 is 17.9 Å². The smallest absolute Gasteiger partial charge is 0.347 e. The molecular weight excluding hydrogens is 328 g/mol. The molecule has 0 aromatic heterocycles. The molecule has 7 nitrogen and oxygen atoms in total. The lowest BCUT2D eigenvalue weighted by molar-refractivity contribution is -0.166. The highest BCUT2D eigenvalue weighted by Crippen LogP contribution is 2.00. The fourth-order valence-electron chi connectivity index (χ4n) is 1.38. The molecule has 0 amide bonds. The van der Waals surface area contributed by atoms with E-state index in [4.69, 9.17) is 14.6 Å². The molecule has 148 valence electrons. The lowest BCUT2D eigenvalue weighted by Gasteiger charge is -2.12. The van der Waals surface area contributed by atoms with Gasteiger partial charge in [-0.3, -0.25) is 4.79 Å². The van der Waals surface area contributed by atoms with Crippen molar-refractivity contribution in [3.05, 3.63) is 0 Å². The van der Waals surface area contributed by atoms with Crippen LogP contribution in [-0.2, 0) is 28.6 Å². The van der Waals surface area contributed by atoms with Crippen LogP contribution in [0.15, 0.2) is 0 Å². The minimum atomic E-state index is -0.989. The van der Waals surface area contributed by atoms with E-state index in [2.05, 4.69) is 4.74 Å². The number of unbranched alkanes of at least 4 members (excludes halogenated alkanes) is 2. The summed E-state index contributed by atoms with van der Waals surface area (Å²) in [5.74, 6) is -1.35. The van der Waals surface area contributed by atoms with Crippen LogP contribution >= 0.6 is 0 Å². The van der Waals surface area contributed by atoms with Gasteiger partial charge in [-0.25, -0.2) is 9.59 Å². The van der Waals surface area contributed by atoms with E-state index in [1.807, 2.05) is 20.8 Å². The molecule has 0 aromatic rings. The second kappa shape index (κ2) is 17.2. The number of ether oxygens (including phenoxy) is 3. The molecule has 0 radical (unpaired) electrons. The van der Waals surface area contributed by atoms with Crippen LogP contribution in [0.3, 0.4) is 0 Å². The zero-order valence-corrected chi connectivity index (χ0v) is 16.2. The van der Waals surface area contributed by atoms with Crippen molar-refractivity contribution in [2.75, 3.05) is 13.2 Å². The lowest BCUT2D eigenvalue weighted by Crippen LogP contribution is -2.26. The van der Waals surface area contributed by atoms with E-state index < -0.39 is 24.1 Å². The fourth-order valence-corrected chi connectivity index (χ4v) is 1.38. The highest BCUT2D eigenvalue weighted by molar-refractivity contribution is 5.78. The molecule has 0 bridgehead atoms. The van der Waals surface area contributed by atoms with E-state index in [0.717, 1.165) is 32.1 Å². The molecule has 0 aromatic carbocycles. The van der Waals surface area contributed by atoms with Crippen molar-refractivity contribution in [2.45, 2.75) is 85.4 Å². The van der Waals surface area contributed by atoms with E-state index in [-0.39, 0.29) is 5.97 Å². The quantitative estimate of drug-likeness (QED) is 0.343. The molecule has 0 saturated heterocycles. The third-order valence-electron chi connectivity index (χ3n) is 2.92. The summed E-state index contributed by atoms with van der Waals surface area (Å²) < 4.78 is 14.4. The van der Waals surface area contributed by atoms with Gasteiger partial charge in [-0.2, -0.15) is 0 Å². The summed E-state index contributed by atoms with van der Waals surface area (Å²) in [4.78, 5) is 32.9. The molecule has 0 fully saturated rings. The maximum atomic E-state index is 11.3. The number of hydrogen-bond acceptors (Lipinski definition) is 7. The van der Waals surface area contributed by atoms with Crippen LogP contribution < -0.4 is 0 Å². The molecular formula is C18H34O7. The largest absolute Gasteiger partial charge is 0.464 e. The first kappa shape index (κ1) is 25.6. The van der Waals surface area contributed by atoms with Gasteiger partial charge in [-0.05, 0) is 33.1 Å². The zero-order valence-electron chi connectivity index (χ0n) is 16.2. The van der Waals surface area contributed by atoms with Gasteiger partial charge in [-0.15, -0.1) is 0 Å². The first-order valence-electron chi connectivity index (χ1n) is 9.00. The van der Waals surface area contributed by atoms with E-state index in [0.29, 0.717) is 19.6 Å². The number of esters is 3. The Balaban J connectivity index is 0. The monoisotopic (exact) mass is 362 g/mol. The first-order chi connectivity index (χ1) is 11.8. The molecule has 0 heterocycles. The Morgan fingerprint density at radius 3 is 1.72 bits per heavy atom. The molecule has 0 rings (SSSR count). The SMILES string of the molecule is CCCCOC(=O)C(C)O.CCCCOC(=O)C(C)OC(=O)CCC. The number of carbonyl (C=O) groups is 3. The van der Waals surface area contributed by atoms with Gasteiger partial charge in [0.25, 0.3) is 0 Å². The normalized spacial score (nSPS) is 12.2. The predicted molar refractivity (Wildman–Crippen MR) is 93.9 cm³/mol. The van der Waals surface area contributed by atoms with Crippen LogP contribution in [0.1, 0.15) is 73.1 Å². The first-order valence-corrected chi connectivity index (χ1v) is 9.00. The van der Waals surface area contributed by atoms with Crippen molar-refractivity contribution < 1.29 is 33.7 Å². The van der Waals surface area contributed by atoms with E-state index in [1.54, 1.807) is 0 Å². The molecule has 0 saturated carbocycles. The van der Waals surface area contributed by atoms with Crippen LogP contribution in [-0.4, -0.2) is 48.4 Å². The molecule has 2 unspecified atom stereocenters. The highest BCUT2D eigenvalue weighted by Gasteiger charge is 2.18. The van der Waals surface area contributed by atoms with Crippen LogP contribution in [0, 0.1) is 0 Å². The Labute approximate surface area is 151 Å². The number of hydrogen-bond donors (Lipinski definition) is 1. The summed E-state index contributed by atoms with van der Waals surface area (Å²) in [6.45, 7) is 9.64. The molecule has 0 spiro atoms. The Kier molecular flexibility index (Phi) is 17.6. The maximum Gasteiger partial charge on any atom is 0.347 e. The summed E-state index contributed by atoms with van der Waals surface area (Å²) >= 11 is 0. The van der Waals surface area contributed by atoms with Gasteiger partial charge < -0.3 is 19.3 Å². The molecule has 1 N–H and O–H groups in total. The van der Waals surface area contributed by atoms with Crippen LogP contribution in [0.25, 0.3) is 0 Å². The zero-order chi connectivity index (χ0) is 19.7. The van der Waals surface area contributed by atoms with Gasteiger partial charge in [0, 0.05) is 6.42 Å². The Bertz CT molecular complexity index is 366. The van der Waals surface area contributed by atoms with Crippen molar-refractivity contribution in [2.24, 2.45) is 0 Å². The average Bonchev–Trinajstić information content (AvgIpc) is 2.55. The summed E-state index contributed by atoms with van der Waals surface area (Å²) in [6.07, 6.45) is 2.94. The second-order valence-electron chi connectivity index (χ2n) is 5.60. The standard InChI is InChI=1S/C11H20O4.C7H14O3/c1-4-6-8-14-11(13)9(3)15-10(12)7-5-2;1-3-4-5-10-7(9)6(2)8/h9H,4-8H2,1-3H3;6,8H,3-5H2,1-2H3. The second-order valence-corrected chi connectivity index (χ2v) is 5.60. The lowest BCUT2D eigenvalue weighted by atomic mass is 10.3. The fraction of sp³-hybridized carbons (Fsp3) is 0.833. The molecule has 0 aliphatic heterocycles. The third-order valence-corrected chi connectivity index (χ3v) is 2.92. The average molecular weight is 362 g/mol. The molecule has 0 aliphatic carbocycles. The van der Waals surface area contributed by atoms with Crippen LogP contribution in [0.2, 0.25) is 0 Å². The molecule has 2 atom stereocenters. The number of aliphatic hydroxyl groups excluding tert-OH is 1. The number of aliphatic hydroxyl groups is 1. The summed E-state index contributed by atoms with van der Waals surface area (Å²) in [7, 11) is 0. The van der Waals surface area contributed by atoms with Crippen LogP contribution in [0.5, 0.6) is 0 Å². The maximum absolute atomic E-state index is 11.3. The Hall–Kier alpha value is -1.63. The van der Waals surface area contributed by atoms with Crippen molar-refractivity contribution in [3.8, 4) is 0 Å². The Morgan fingerprint density at radius 2 is 1.32 bits per heavy atom. The minimum Gasteiger partial charge on any atom is -0.464 e. The van der Waals surface area contributed by atoms with Crippen molar-refractivity contribution in [1.29, 1.82) is 0 Å². The van der Waals surface area contributed by atoms with Gasteiger partial charge >= 0.3 is 17.9 Å². The van der Waals surface area contributed by atoms with Gasteiger partial charge in [0.2, 0.25) is 0 Å². The third kappa shape index (κ3) is 17.0. The van der Waals surface area contributed by atoms with Gasteiger partial charge in [0.15, 0.2) is 6.10 Å². The molecule has 25 heavy (non-hydrogen) atoms. The van der Waals surface area contributed by atoms with E-state index >= 15 is 0 Å². The van der Waals surface area contributed by atoms with Crippen molar-refractivity contribution in [3.63, 3.8) is 0 Å². The molecule has 0 aliphatic rings. The van der Waals surface area contributed by atoms with Gasteiger partial charge in [0.05, 0.1) is 13.2 Å². The van der Waals surface area contributed by atoms with E-state index in [1.165, 1.54) is 13.8 Å². The van der Waals surface area contributed by atoms with Gasteiger partial charge in [0.1, 0.15) is 6.10 Å². The summed E-state index contributed by atoms with van der Waals surface area (Å²) in [5.41, 5.74) is 0. The van der Waals surface area contributed by atoms with Gasteiger partial charge in [-0.1, -0.05) is 33.6 Å². The summed E-state index contributed by atoms with van der Waals surface area (Å²) in [6, 6.07) is 0. The number of carbonyl (C=O) groups excluding carboxylic acids is 3. The Morgan fingerprint density at radius 1 is 0.840 bits per heavy atom.